The van der Waals surface area contributed by atoms with Crippen molar-refractivity contribution >= 4 is 22.7 Å². The minimum absolute atomic E-state index is 0.703. The lowest BCUT2D eigenvalue weighted by Crippen LogP contribution is -2.14. The fourth-order valence-corrected chi connectivity index (χ4v) is 2.33. The third-order valence-electron chi connectivity index (χ3n) is 3.25. The van der Waals surface area contributed by atoms with Crippen LogP contribution in [0.5, 0.6) is 0 Å². The van der Waals surface area contributed by atoms with Gasteiger partial charge in [0.25, 0.3) is 0 Å². The smallest absolute Gasteiger partial charge is 0.334 e. The van der Waals surface area contributed by atoms with Crippen molar-refractivity contribution < 1.29 is 14.8 Å². The number of nitrogens with zero attached hydrogens (tertiary/aromatic N) is 10. The zero-order valence-corrected chi connectivity index (χ0v) is 14.3. The Hall–Kier alpha value is -5.01. The van der Waals surface area contributed by atoms with Crippen molar-refractivity contribution in [1.29, 1.82) is 5.26 Å². The maximum absolute atomic E-state index is 11.7. The van der Waals surface area contributed by atoms with Gasteiger partial charge in [-0.1, -0.05) is 0 Å². The van der Waals surface area contributed by atoms with Crippen LogP contribution in [0.3, 0.4) is 0 Å². The van der Waals surface area contributed by atoms with Gasteiger partial charge in [-0.3, -0.25) is 30.3 Å². The van der Waals surface area contributed by atoms with Crippen LogP contribution in [0.25, 0.3) is 11.4 Å². The molecule has 2 aromatic heterocycles. The molecule has 0 aliphatic carbocycles. The van der Waals surface area contributed by atoms with E-state index in [0.717, 1.165) is 34.7 Å². The average Bonchev–Trinajstić information content (AvgIpc) is 3.34. The topological polar surface area (TPSA) is 241 Å². The Morgan fingerprint density at radius 1 is 0.897 bits per heavy atom. The standard InChI is InChI=1S/C10H6N10O6.C2H3N/c11-5-6(18(21)22)8(16-3-12-1-14-16)10(20(25)26)9(7(5)19(23)24)17-4-13-2-15-17;1-2-3/h1-4H,11H2;1H3. The van der Waals surface area contributed by atoms with Gasteiger partial charge in [-0.05, 0) is 0 Å². The Balaban J connectivity index is 0.000000941. The van der Waals surface area contributed by atoms with Crippen molar-refractivity contribution in [3.05, 3.63) is 55.7 Å². The number of nitrogen functional groups attached to an aromatic ring is 1. The van der Waals surface area contributed by atoms with Crippen molar-refractivity contribution in [3.63, 3.8) is 0 Å². The van der Waals surface area contributed by atoms with Gasteiger partial charge in [0, 0.05) is 6.92 Å². The first-order chi connectivity index (χ1) is 13.8. The molecule has 0 amide bonds. The van der Waals surface area contributed by atoms with Crippen LogP contribution in [0.15, 0.2) is 25.3 Å². The lowest BCUT2D eigenvalue weighted by Gasteiger charge is -2.11. The summed E-state index contributed by atoms with van der Waals surface area (Å²) in [5, 5.41) is 49.2. The van der Waals surface area contributed by atoms with Crippen LogP contribution >= 0.6 is 0 Å². The van der Waals surface area contributed by atoms with E-state index in [-0.39, 0.29) is 0 Å². The molecule has 0 saturated heterocycles. The summed E-state index contributed by atoms with van der Waals surface area (Å²) in [4.78, 5) is 38.6. The quantitative estimate of drug-likeness (QED) is 0.351. The highest BCUT2D eigenvalue weighted by Crippen LogP contribution is 2.48. The monoisotopic (exact) mass is 403 g/mol. The number of nitro benzene ring substituents is 3. The number of hydrogen-bond acceptors (Lipinski definition) is 12. The number of benzene rings is 1. The van der Waals surface area contributed by atoms with E-state index in [4.69, 9.17) is 11.0 Å². The molecule has 2 N–H and O–H groups in total. The maximum Gasteiger partial charge on any atom is 0.334 e. The van der Waals surface area contributed by atoms with Gasteiger partial charge >= 0.3 is 17.1 Å². The van der Waals surface area contributed by atoms with Crippen LogP contribution < -0.4 is 5.73 Å². The molecule has 29 heavy (non-hydrogen) atoms. The van der Waals surface area contributed by atoms with Crippen molar-refractivity contribution in [2.24, 2.45) is 0 Å². The summed E-state index contributed by atoms with van der Waals surface area (Å²) in [5.41, 5.74) is 0.211. The van der Waals surface area contributed by atoms with Crippen molar-refractivity contribution in [1.82, 2.24) is 29.5 Å². The van der Waals surface area contributed by atoms with Crippen LogP contribution in [0, 0.1) is 41.7 Å². The van der Waals surface area contributed by atoms with E-state index in [0.29, 0.717) is 0 Å². The molecular formula is C12H9N11O6. The Labute approximate surface area is 159 Å². The van der Waals surface area contributed by atoms with E-state index in [9.17, 15) is 30.3 Å². The molecule has 0 saturated carbocycles. The number of hydrogen-bond donors (Lipinski definition) is 1. The zero-order chi connectivity index (χ0) is 21.7. The molecule has 17 heteroatoms. The molecule has 0 aliphatic rings. The van der Waals surface area contributed by atoms with E-state index in [1.54, 1.807) is 6.07 Å². The largest absolute Gasteiger partial charge is 0.387 e. The highest BCUT2D eigenvalue weighted by Gasteiger charge is 2.43. The summed E-state index contributed by atoms with van der Waals surface area (Å²) in [6, 6.07) is 1.75. The van der Waals surface area contributed by atoms with E-state index < -0.39 is 48.9 Å². The molecule has 1 aromatic carbocycles. The van der Waals surface area contributed by atoms with Gasteiger partial charge < -0.3 is 5.73 Å². The predicted molar refractivity (Wildman–Crippen MR) is 91.9 cm³/mol. The van der Waals surface area contributed by atoms with E-state index in [2.05, 4.69) is 20.2 Å². The van der Waals surface area contributed by atoms with E-state index >= 15 is 0 Å². The Morgan fingerprint density at radius 3 is 1.48 bits per heavy atom. The Morgan fingerprint density at radius 2 is 1.24 bits per heavy atom. The van der Waals surface area contributed by atoms with Gasteiger partial charge in [0.1, 0.15) is 25.3 Å². The summed E-state index contributed by atoms with van der Waals surface area (Å²) < 4.78 is 1.44. The van der Waals surface area contributed by atoms with Gasteiger partial charge in [-0.2, -0.15) is 15.5 Å². The first-order valence-electron chi connectivity index (χ1n) is 7.19. The van der Waals surface area contributed by atoms with E-state index in [1.165, 1.54) is 6.92 Å². The molecule has 0 radical (unpaired) electrons. The lowest BCUT2D eigenvalue weighted by molar-refractivity contribution is -0.401. The molecule has 148 valence electrons. The number of rotatable bonds is 5. The minimum Gasteiger partial charge on any atom is -0.387 e. The first kappa shape index (κ1) is 20.3. The maximum atomic E-state index is 11.7. The van der Waals surface area contributed by atoms with Gasteiger partial charge in [0.05, 0.1) is 20.8 Å². The highest BCUT2D eigenvalue weighted by molar-refractivity contribution is 5.91. The fourth-order valence-electron chi connectivity index (χ4n) is 2.33. The summed E-state index contributed by atoms with van der Waals surface area (Å²) >= 11 is 0. The molecule has 3 aromatic rings. The van der Waals surface area contributed by atoms with Crippen LogP contribution in [-0.2, 0) is 0 Å². The van der Waals surface area contributed by atoms with Crippen molar-refractivity contribution in [2.45, 2.75) is 6.92 Å². The summed E-state index contributed by atoms with van der Waals surface area (Å²) in [6.07, 6.45) is 3.85. The molecule has 17 nitrogen and oxygen atoms in total. The van der Waals surface area contributed by atoms with Gasteiger partial charge in [-0.25, -0.2) is 19.3 Å². The van der Waals surface area contributed by atoms with Gasteiger partial charge in [0.2, 0.25) is 11.4 Å². The molecule has 0 atom stereocenters. The predicted octanol–water partition coefficient (Wildman–Crippen LogP) is 0.685. The van der Waals surface area contributed by atoms with Crippen LogP contribution in [0.4, 0.5) is 22.7 Å². The zero-order valence-electron chi connectivity index (χ0n) is 14.3. The normalized spacial score (nSPS) is 9.79. The van der Waals surface area contributed by atoms with Crippen LogP contribution in [0.1, 0.15) is 6.92 Å². The number of nitro groups is 3. The second-order valence-electron chi connectivity index (χ2n) is 4.83. The number of aromatic nitrogens is 6. The average molecular weight is 403 g/mol. The second kappa shape index (κ2) is 8.12. The molecule has 0 fully saturated rings. The summed E-state index contributed by atoms with van der Waals surface area (Å²) in [6.45, 7) is 1.43. The molecule has 0 spiro atoms. The first-order valence-corrected chi connectivity index (χ1v) is 7.19. The molecule has 0 aliphatic heterocycles. The van der Waals surface area contributed by atoms with E-state index in [1.807, 2.05) is 0 Å². The third-order valence-corrected chi connectivity index (χ3v) is 3.25. The van der Waals surface area contributed by atoms with Crippen LogP contribution in [-0.4, -0.2) is 44.3 Å². The SMILES string of the molecule is CC#N.Nc1c([N+](=O)[O-])c(-n2cncn2)c([N+](=O)[O-])c(-n2cncn2)c1[N+](=O)[O-]. The Kier molecular flexibility index (Phi) is 5.69. The van der Waals surface area contributed by atoms with Crippen molar-refractivity contribution in [2.75, 3.05) is 5.73 Å². The van der Waals surface area contributed by atoms with Crippen LogP contribution in [0.2, 0.25) is 0 Å². The fraction of sp³-hybridized carbons (Fsp3) is 0.0833. The van der Waals surface area contributed by atoms with Gasteiger partial charge in [-0.15, -0.1) is 0 Å². The number of nitriles is 1. The molecule has 3 rings (SSSR count). The van der Waals surface area contributed by atoms with Crippen molar-refractivity contribution in [3.8, 4) is 17.4 Å². The summed E-state index contributed by atoms with van der Waals surface area (Å²) in [7, 11) is 0. The number of nitrogens with two attached hydrogens (primary N) is 1. The summed E-state index contributed by atoms with van der Waals surface area (Å²) in [5.74, 6) is 0. The third kappa shape index (κ3) is 3.61. The molecular weight excluding hydrogens is 394 g/mol. The molecule has 2 heterocycles. The highest BCUT2D eigenvalue weighted by atomic mass is 16.6. The molecule has 0 bridgehead atoms. The Bertz CT molecular complexity index is 1040. The lowest BCUT2D eigenvalue weighted by atomic mass is 10.1. The number of anilines is 1. The minimum atomic E-state index is -1.07. The molecule has 0 unspecified atom stereocenters. The second-order valence-corrected chi connectivity index (χ2v) is 4.83. The van der Waals surface area contributed by atoms with Gasteiger partial charge in [0.15, 0.2) is 5.69 Å².